The van der Waals surface area contributed by atoms with Crippen molar-refractivity contribution in [3.8, 4) is 5.75 Å². The Kier molecular flexibility index (Phi) is 10.5. The van der Waals surface area contributed by atoms with Gasteiger partial charge in [-0.05, 0) is 32.0 Å². The van der Waals surface area contributed by atoms with Crippen LogP contribution in [0.25, 0.3) is 0 Å². The average molecular weight is 440 g/mol. The van der Waals surface area contributed by atoms with Gasteiger partial charge in [-0.25, -0.2) is 4.79 Å². The number of carboxylic acid groups (broad SMARTS) is 1. The van der Waals surface area contributed by atoms with Crippen molar-refractivity contribution in [1.82, 2.24) is 0 Å². The van der Waals surface area contributed by atoms with E-state index in [2.05, 4.69) is 36.6 Å². The van der Waals surface area contributed by atoms with Crippen molar-refractivity contribution in [2.75, 3.05) is 18.5 Å². The highest BCUT2D eigenvalue weighted by molar-refractivity contribution is 9.10. The molecule has 1 N–H and O–H groups in total. The van der Waals surface area contributed by atoms with Crippen molar-refractivity contribution in [1.29, 1.82) is 0 Å². The number of rotatable bonds is 6. The molecule has 0 radical (unpaired) electrons. The summed E-state index contributed by atoms with van der Waals surface area (Å²) in [6, 6.07) is 4.84. The predicted octanol–water partition coefficient (Wildman–Crippen LogP) is 3.06. The number of carbonyl (C=O) groups is 3. The molecular formula is C14H16Br2O6. The second kappa shape index (κ2) is 11.2. The van der Waals surface area contributed by atoms with Gasteiger partial charge in [0.05, 0.1) is 12.2 Å². The second-order valence-electron chi connectivity index (χ2n) is 3.82. The molecular weight excluding hydrogens is 424 g/mol. The predicted molar refractivity (Wildman–Crippen MR) is 87.7 cm³/mol. The number of halogens is 2. The summed E-state index contributed by atoms with van der Waals surface area (Å²) in [6.07, 6.45) is 0. The first-order valence-corrected chi connectivity index (χ1v) is 8.09. The number of hydrogen-bond acceptors (Lipinski definition) is 5. The quantitative estimate of drug-likeness (QED) is 0.416. The number of benzene rings is 1. The van der Waals surface area contributed by atoms with Gasteiger partial charge in [-0.3, -0.25) is 9.59 Å². The van der Waals surface area contributed by atoms with Gasteiger partial charge in [-0.2, -0.15) is 0 Å². The van der Waals surface area contributed by atoms with Crippen LogP contribution in [0.2, 0.25) is 0 Å². The van der Waals surface area contributed by atoms with Crippen LogP contribution in [-0.2, 0) is 14.3 Å². The number of esters is 1. The summed E-state index contributed by atoms with van der Waals surface area (Å²) in [6.45, 7) is 3.18. The van der Waals surface area contributed by atoms with E-state index in [0.717, 1.165) is 4.47 Å². The molecule has 6 nitrogen and oxygen atoms in total. The first-order chi connectivity index (χ1) is 10.3. The zero-order valence-corrected chi connectivity index (χ0v) is 15.3. The van der Waals surface area contributed by atoms with Crippen LogP contribution in [0.1, 0.15) is 24.2 Å². The Morgan fingerprint density at radius 3 is 2.32 bits per heavy atom. The SMILES string of the molecule is CC(=O)c1cc(Br)ccc1OCC(=O)O.CCOC(=O)CBr. The molecule has 122 valence electrons. The van der Waals surface area contributed by atoms with Crippen LogP contribution < -0.4 is 4.74 Å². The minimum atomic E-state index is -1.08. The summed E-state index contributed by atoms with van der Waals surface area (Å²) in [4.78, 5) is 31.7. The van der Waals surface area contributed by atoms with E-state index in [1.807, 2.05) is 0 Å². The molecule has 0 aliphatic heterocycles. The Balaban J connectivity index is 0.000000534. The molecule has 0 heterocycles. The number of ether oxygens (including phenoxy) is 2. The fourth-order valence-corrected chi connectivity index (χ4v) is 1.77. The molecule has 0 bridgehead atoms. The number of carbonyl (C=O) groups excluding carboxylic acids is 2. The minimum absolute atomic E-state index is 0.170. The lowest BCUT2D eigenvalue weighted by atomic mass is 10.1. The largest absolute Gasteiger partial charge is 0.481 e. The van der Waals surface area contributed by atoms with Crippen LogP contribution in [0.3, 0.4) is 0 Å². The van der Waals surface area contributed by atoms with Gasteiger partial charge >= 0.3 is 11.9 Å². The summed E-state index contributed by atoms with van der Waals surface area (Å²) < 4.78 is 10.2. The van der Waals surface area contributed by atoms with Gasteiger partial charge in [0, 0.05) is 4.47 Å². The Bertz CT molecular complexity index is 530. The van der Waals surface area contributed by atoms with Crippen molar-refractivity contribution < 1.29 is 29.0 Å². The standard InChI is InChI=1S/C10H9BrO4.C4H7BrO2/c1-6(12)8-4-7(11)2-3-9(8)15-5-10(13)14;1-2-7-4(6)3-5/h2-4H,5H2,1H3,(H,13,14);2-3H2,1H3. The summed E-state index contributed by atoms with van der Waals surface area (Å²) in [5.74, 6) is -1.17. The maximum absolute atomic E-state index is 11.2. The third kappa shape index (κ3) is 8.78. The van der Waals surface area contributed by atoms with Gasteiger partial charge in [0.15, 0.2) is 12.4 Å². The number of ketones is 1. The molecule has 0 saturated carbocycles. The van der Waals surface area contributed by atoms with Crippen molar-refractivity contribution in [3.63, 3.8) is 0 Å². The van der Waals surface area contributed by atoms with Crippen molar-refractivity contribution in [2.24, 2.45) is 0 Å². The summed E-state index contributed by atoms with van der Waals surface area (Å²) in [5.41, 5.74) is 0.366. The molecule has 1 aromatic rings. The van der Waals surface area contributed by atoms with Crippen molar-refractivity contribution >= 4 is 49.6 Å². The second-order valence-corrected chi connectivity index (χ2v) is 5.29. The molecule has 0 amide bonds. The molecule has 8 heteroatoms. The van der Waals surface area contributed by atoms with E-state index < -0.39 is 12.6 Å². The molecule has 1 rings (SSSR count). The third-order valence-electron chi connectivity index (χ3n) is 2.09. The number of Topliss-reactive ketones (excluding diaryl/α,β-unsaturated/α-hetero) is 1. The molecule has 0 saturated heterocycles. The Labute approximate surface area is 145 Å². The van der Waals surface area contributed by atoms with Gasteiger partial charge in [-0.1, -0.05) is 31.9 Å². The lowest BCUT2D eigenvalue weighted by Crippen LogP contribution is -2.11. The normalized spacial score (nSPS) is 9.27. The summed E-state index contributed by atoms with van der Waals surface area (Å²) in [7, 11) is 0. The van der Waals surface area contributed by atoms with Gasteiger partial charge in [-0.15, -0.1) is 0 Å². The minimum Gasteiger partial charge on any atom is -0.481 e. The first kappa shape index (κ1) is 20.6. The van der Waals surface area contributed by atoms with Crippen LogP contribution >= 0.6 is 31.9 Å². The molecule has 22 heavy (non-hydrogen) atoms. The topological polar surface area (TPSA) is 89.9 Å². The van der Waals surface area contributed by atoms with E-state index >= 15 is 0 Å². The van der Waals surface area contributed by atoms with Gasteiger partial charge in [0.2, 0.25) is 0 Å². The molecule has 1 aromatic carbocycles. The number of aliphatic carboxylic acids is 1. The van der Waals surface area contributed by atoms with Crippen molar-refractivity contribution in [3.05, 3.63) is 28.2 Å². The molecule has 0 aromatic heterocycles. The van der Waals surface area contributed by atoms with Crippen molar-refractivity contribution in [2.45, 2.75) is 13.8 Å². The van der Waals surface area contributed by atoms with Crippen LogP contribution in [-0.4, -0.2) is 41.4 Å². The monoisotopic (exact) mass is 438 g/mol. The third-order valence-corrected chi connectivity index (χ3v) is 3.04. The maximum atomic E-state index is 11.2. The highest BCUT2D eigenvalue weighted by atomic mass is 79.9. The fourth-order valence-electron chi connectivity index (χ4n) is 1.24. The maximum Gasteiger partial charge on any atom is 0.341 e. The highest BCUT2D eigenvalue weighted by Gasteiger charge is 2.10. The number of carboxylic acids is 1. The molecule has 0 fully saturated rings. The lowest BCUT2D eigenvalue weighted by Gasteiger charge is -2.07. The van der Waals surface area contributed by atoms with Crippen LogP contribution in [0.4, 0.5) is 0 Å². The zero-order valence-electron chi connectivity index (χ0n) is 12.1. The van der Waals surface area contributed by atoms with Gasteiger partial charge in [0.1, 0.15) is 11.1 Å². The first-order valence-electron chi connectivity index (χ1n) is 6.18. The van der Waals surface area contributed by atoms with Crippen LogP contribution in [0.5, 0.6) is 5.75 Å². The Hall–Kier alpha value is -1.41. The van der Waals surface area contributed by atoms with E-state index in [0.29, 0.717) is 17.5 Å². The fraction of sp³-hybridized carbons (Fsp3) is 0.357. The molecule has 0 unspecified atom stereocenters. The number of alkyl halides is 1. The molecule has 0 aliphatic carbocycles. The molecule has 0 atom stereocenters. The Morgan fingerprint density at radius 2 is 1.91 bits per heavy atom. The van der Waals surface area contributed by atoms with Gasteiger partial charge < -0.3 is 14.6 Å². The van der Waals surface area contributed by atoms with E-state index in [9.17, 15) is 14.4 Å². The Morgan fingerprint density at radius 1 is 1.27 bits per heavy atom. The molecule has 0 aliphatic rings. The number of hydrogen-bond donors (Lipinski definition) is 1. The average Bonchev–Trinajstić information content (AvgIpc) is 2.46. The smallest absolute Gasteiger partial charge is 0.341 e. The zero-order chi connectivity index (χ0) is 17.1. The summed E-state index contributed by atoms with van der Waals surface area (Å²) in [5, 5.41) is 8.73. The van der Waals surface area contributed by atoms with E-state index in [4.69, 9.17) is 9.84 Å². The van der Waals surface area contributed by atoms with E-state index in [-0.39, 0.29) is 17.5 Å². The van der Waals surface area contributed by atoms with E-state index in [1.54, 1.807) is 25.1 Å². The lowest BCUT2D eigenvalue weighted by molar-refractivity contribution is -0.140. The van der Waals surface area contributed by atoms with E-state index in [1.165, 1.54) is 6.92 Å². The highest BCUT2D eigenvalue weighted by Crippen LogP contribution is 2.23. The van der Waals surface area contributed by atoms with Crippen LogP contribution in [0.15, 0.2) is 22.7 Å². The van der Waals surface area contributed by atoms with Crippen LogP contribution in [0, 0.1) is 0 Å². The van der Waals surface area contributed by atoms with Gasteiger partial charge in [0.25, 0.3) is 0 Å². The molecule has 0 spiro atoms. The summed E-state index contributed by atoms with van der Waals surface area (Å²) >= 11 is 6.16.